The Morgan fingerprint density at radius 1 is 1.12 bits per heavy atom. The number of rotatable bonds is 7. The lowest BCUT2D eigenvalue weighted by Gasteiger charge is -2.09. The van der Waals surface area contributed by atoms with Crippen LogP contribution in [0.15, 0.2) is 48.5 Å². The number of nitrogens with one attached hydrogen (secondary N) is 1. The summed E-state index contributed by atoms with van der Waals surface area (Å²) in [5.41, 5.74) is 1.47. The number of ether oxygens (including phenoxy) is 2. The molecule has 0 atom stereocenters. The summed E-state index contributed by atoms with van der Waals surface area (Å²) in [5, 5.41) is 11.5. The van der Waals surface area contributed by atoms with Gasteiger partial charge in [0.25, 0.3) is 0 Å². The normalized spacial score (nSPS) is 10.5. The first-order chi connectivity index (χ1) is 12.0. The smallest absolute Gasteiger partial charge is 0.335 e. The van der Waals surface area contributed by atoms with E-state index >= 15 is 0 Å². The molecule has 0 aromatic heterocycles. The lowest BCUT2D eigenvalue weighted by molar-refractivity contribution is -0.111. The molecule has 130 valence electrons. The lowest BCUT2D eigenvalue weighted by Crippen LogP contribution is -2.08. The van der Waals surface area contributed by atoms with Gasteiger partial charge in [-0.05, 0) is 55.0 Å². The number of amides is 1. The maximum absolute atomic E-state index is 12.0. The summed E-state index contributed by atoms with van der Waals surface area (Å²) in [6.07, 6.45) is 3.05. The summed E-state index contributed by atoms with van der Waals surface area (Å²) in [5.74, 6) is -0.0991. The second-order valence-corrected chi connectivity index (χ2v) is 5.05. The molecule has 0 saturated carbocycles. The Bertz CT molecular complexity index is 781. The molecule has 1 amide bonds. The quantitative estimate of drug-likeness (QED) is 0.754. The van der Waals surface area contributed by atoms with E-state index in [0.29, 0.717) is 23.8 Å². The van der Waals surface area contributed by atoms with Crippen molar-refractivity contribution in [3.05, 3.63) is 59.7 Å². The van der Waals surface area contributed by atoms with Gasteiger partial charge in [0.2, 0.25) is 5.91 Å². The fourth-order valence-corrected chi connectivity index (χ4v) is 2.12. The monoisotopic (exact) mass is 341 g/mol. The molecule has 0 fully saturated rings. The van der Waals surface area contributed by atoms with Crippen LogP contribution in [0, 0.1) is 0 Å². The van der Waals surface area contributed by atoms with Crippen molar-refractivity contribution in [3.8, 4) is 11.5 Å². The fourth-order valence-electron chi connectivity index (χ4n) is 2.12. The Morgan fingerprint density at radius 2 is 1.84 bits per heavy atom. The number of anilines is 1. The van der Waals surface area contributed by atoms with E-state index in [-0.39, 0.29) is 11.5 Å². The zero-order valence-corrected chi connectivity index (χ0v) is 14.0. The molecule has 2 aromatic carbocycles. The van der Waals surface area contributed by atoms with Crippen LogP contribution < -0.4 is 14.8 Å². The van der Waals surface area contributed by atoms with Crippen molar-refractivity contribution in [1.29, 1.82) is 0 Å². The summed E-state index contributed by atoms with van der Waals surface area (Å²) in [6, 6.07) is 11.3. The number of methoxy groups -OCH3 is 1. The van der Waals surface area contributed by atoms with Gasteiger partial charge in [-0.25, -0.2) is 4.79 Å². The molecule has 0 aliphatic heterocycles. The minimum atomic E-state index is -1.01. The lowest BCUT2D eigenvalue weighted by atomic mass is 10.2. The van der Waals surface area contributed by atoms with Gasteiger partial charge in [-0.2, -0.15) is 0 Å². The molecular weight excluding hydrogens is 322 g/mol. The molecule has 0 spiro atoms. The number of carbonyl (C=O) groups is 2. The van der Waals surface area contributed by atoms with E-state index in [1.54, 1.807) is 25.3 Å². The van der Waals surface area contributed by atoms with Gasteiger partial charge in [0.05, 0.1) is 19.3 Å². The first-order valence-electron chi connectivity index (χ1n) is 7.66. The minimum absolute atomic E-state index is 0.162. The number of carbonyl (C=O) groups excluding carboxylic acids is 1. The Morgan fingerprint density at radius 3 is 2.44 bits per heavy atom. The van der Waals surface area contributed by atoms with Crippen LogP contribution in [0.25, 0.3) is 6.08 Å². The van der Waals surface area contributed by atoms with E-state index in [0.717, 1.165) is 5.56 Å². The van der Waals surface area contributed by atoms with Crippen molar-refractivity contribution >= 4 is 23.6 Å². The molecule has 0 unspecified atom stereocenters. The third-order valence-electron chi connectivity index (χ3n) is 3.31. The van der Waals surface area contributed by atoms with Crippen LogP contribution in [0.1, 0.15) is 22.8 Å². The minimum Gasteiger partial charge on any atom is -0.493 e. The third kappa shape index (κ3) is 5.10. The van der Waals surface area contributed by atoms with E-state index in [1.165, 1.54) is 30.3 Å². The Labute approximate surface area is 145 Å². The van der Waals surface area contributed by atoms with Crippen molar-refractivity contribution in [2.75, 3.05) is 19.0 Å². The van der Waals surface area contributed by atoms with Gasteiger partial charge in [-0.1, -0.05) is 6.07 Å². The Balaban J connectivity index is 2.04. The van der Waals surface area contributed by atoms with E-state index in [1.807, 2.05) is 13.0 Å². The topological polar surface area (TPSA) is 84.9 Å². The van der Waals surface area contributed by atoms with Crippen LogP contribution in [-0.2, 0) is 4.79 Å². The molecule has 2 rings (SSSR count). The fraction of sp³-hybridized carbons (Fsp3) is 0.158. The average Bonchev–Trinajstić information content (AvgIpc) is 2.61. The van der Waals surface area contributed by atoms with Crippen LogP contribution in [0.5, 0.6) is 11.5 Å². The maximum atomic E-state index is 12.0. The molecule has 25 heavy (non-hydrogen) atoms. The molecule has 0 radical (unpaired) electrons. The molecule has 6 heteroatoms. The summed E-state index contributed by atoms with van der Waals surface area (Å²) in [7, 11) is 1.57. The number of carboxylic acids is 1. The van der Waals surface area contributed by atoms with Gasteiger partial charge in [-0.3, -0.25) is 4.79 Å². The van der Waals surface area contributed by atoms with Crippen LogP contribution in [0.2, 0.25) is 0 Å². The summed E-state index contributed by atoms with van der Waals surface area (Å²) in [4.78, 5) is 22.8. The van der Waals surface area contributed by atoms with Crippen molar-refractivity contribution in [2.45, 2.75) is 6.92 Å². The maximum Gasteiger partial charge on any atom is 0.335 e. The summed E-state index contributed by atoms with van der Waals surface area (Å²) in [6.45, 7) is 2.39. The summed E-state index contributed by atoms with van der Waals surface area (Å²) < 4.78 is 10.7. The molecular formula is C19H19NO5. The predicted octanol–water partition coefficient (Wildman–Crippen LogP) is 3.44. The molecule has 0 bridgehead atoms. The largest absolute Gasteiger partial charge is 0.493 e. The van der Waals surface area contributed by atoms with E-state index in [9.17, 15) is 9.59 Å². The molecule has 0 aliphatic rings. The zero-order valence-electron chi connectivity index (χ0n) is 14.0. The van der Waals surface area contributed by atoms with Crippen molar-refractivity contribution < 1.29 is 24.2 Å². The molecule has 0 heterocycles. The number of benzene rings is 2. The SMILES string of the molecule is CCOc1cc(/C=C/C(=O)Nc2ccc(C(=O)O)cc2)ccc1OC. The highest BCUT2D eigenvalue weighted by Gasteiger charge is 2.05. The Kier molecular flexibility index (Phi) is 6.17. The first-order valence-corrected chi connectivity index (χ1v) is 7.66. The Hall–Kier alpha value is -3.28. The first kappa shape index (κ1) is 18.1. The van der Waals surface area contributed by atoms with E-state index in [4.69, 9.17) is 14.6 Å². The average molecular weight is 341 g/mol. The van der Waals surface area contributed by atoms with Crippen LogP contribution in [0.3, 0.4) is 0 Å². The standard InChI is InChI=1S/C19H19NO5/c1-3-25-17-12-13(4-10-16(17)24-2)5-11-18(21)20-15-8-6-14(7-9-15)19(22)23/h4-12H,3H2,1-2H3,(H,20,21)(H,22,23)/b11-5+. The van der Waals surface area contributed by atoms with Crippen LogP contribution >= 0.6 is 0 Å². The number of hydrogen-bond acceptors (Lipinski definition) is 4. The zero-order chi connectivity index (χ0) is 18.2. The van der Waals surface area contributed by atoms with Crippen molar-refractivity contribution in [1.82, 2.24) is 0 Å². The van der Waals surface area contributed by atoms with Crippen LogP contribution in [0.4, 0.5) is 5.69 Å². The highest BCUT2D eigenvalue weighted by atomic mass is 16.5. The van der Waals surface area contributed by atoms with E-state index < -0.39 is 5.97 Å². The second-order valence-electron chi connectivity index (χ2n) is 5.05. The van der Waals surface area contributed by atoms with Gasteiger partial charge >= 0.3 is 5.97 Å². The highest BCUT2D eigenvalue weighted by Crippen LogP contribution is 2.28. The number of hydrogen-bond donors (Lipinski definition) is 2. The summed E-state index contributed by atoms with van der Waals surface area (Å²) >= 11 is 0. The second kappa shape index (κ2) is 8.54. The van der Waals surface area contributed by atoms with Gasteiger partial charge in [0, 0.05) is 11.8 Å². The molecule has 6 nitrogen and oxygen atoms in total. The molecule has 0 saturated heterocycles. The van der Waals surface area contributed by atoms with Gasteiger partial charge < -0.3 is 19.9 Å². The highest BCUT2D eigenvalue weighted by molar-refractivity contribution is 6.02. The van der Waals surface area contributed by atoms with E-state index in [2.05, 4.69) is 5.32 Å². The molecule has 2 aromatic rings. The molecule has 2 N–H and O–H groups in total. The van der Waals surface area contributed by atoms with Gasteiger partial charge in [-0.15, -0.1) is 0 Å². The van der Waals surface area contributed by atoms with Gasteiger partial charge in [0.1, 0.15) is 0 Å². The van der Waals surface area contributed by atoms with Crippen LogP contribution in [-0.4, -0.2) is 30.7 Å². The third-order valence-corrected chi connectivity index (χ3v) is 3.31. The van der Waals surface area contributed by atoms with Gasteiger partial charge in [0.15, 0.2) is 11.5 Å². The number of carboxylic acid groups (broad SMARTS) is 1. The van der Waals surface area contributed by atoms with Crippen molar-refractivity contribution in [3.63, 3.8) is 0 Å². The molecule has 0 aliphatic carbocycles. The number of aromatic carboxylic acids is 1. The predicted molar refractivity (Wildman–Crippen MR) is 95.2 cm³/mol. The van der Waals surface area contributed by atoms with Crippen molar-refractivity contribution in [2.24, 2.45) is 0 Å².